The second-order valence-electron chi connectivity index (χ2n) is 8.22. The van der Waals surface area contributed by atoms with Gasteiger partial charge in [0.05, 0.1) is 19.8 Å². The first-order valence-corrected chi connectivity index (χ1v) is 10.1. The van der Waals surface area contributed by atoms with Crippen molar-refractivity contribution in [3.05, 3.63) is 40.7 Å². The fourth-order valence-corrected chi connectivity index (χ4v) is 3.92. The summed E-state index contributed by atoms with van der Waals surface area (Å²) >= 11 is 0. The number of halogens is 3. The first kappa shape index (κ1) is 21.5. The van der Waals surface area contributed by atoms with Crippen LogP contribution in [0.5, 0.6) is 11.5 Å². The first-order valence-electron chi connectivity index (χ1n) is 10.1. The Morgan fingerprint density at radius 1 is 1.35 bits per heavy atom. The van der Waals surface area contributed by atoms with Gasteiger partial charge in [-0.1, -0.05) is 12.1 Å². The predicted octanol–water partition coefficient (Wildman–Crippen LogP) is 2.88. The molecule has 0 fully saturated rings. The van der Waals surface area contributed by atoms with Crippen LogP contribution in [0.15, 0.2) is 18.2 Å². The van der Waals surface area contributed by atoms with E-state index in [-0.39, 0.29) is 43.4 Å². The standard InChI is InChI=1S/C21H24F3N3O4/c1-20(2)10-13-4-3-5-16(18(13)31-20)30-12-17(28)25-7-8-27-15-6-9-29-11-14(15)19(26-27)21(22,23)24/h3-5H,6-12H2,1-2H3,(H,25,28). The molecule has 0 radical (unpaired) electrons. The summed E-state index contributed by atoms with van der Waals surface area (Å²) in [6.45, 7) is 4.23. The van der Waals surface area contributed by atoms with Crippen molar-refractivity contribution >= 4 is 5.91 Å². The molecular weight excluding hydrogens is 415 g/mol. The van der Waals surface area contributed by atoms with Crippen molar-refractivity contribution in [2.75, 3.05) is 19.8 Å². The number of rotatable bonds is 6. The largest absolute Gasteiger partial charge is 0.483 e. The lowest BCUT2D eigenvalue weighted by Gasteiger charge is -2.18. The third kappa shape index (κ3) is 4.63. The van der Waals surface area contributed by atoms with Crippen molar-refractivity contribution in [1.29, 1.82) is 0 Å². The number of alkyl halides is 3. The summed E-state index contributed by atoms with van der Waals surface area (Å²) in [6, 6.07) is 5.55. The Hall–Kier alpha value is -2.75. The number of carbonyl (C=O) groups is 1. The van der Waals surface area contributed by atoms with Crippen LogP contribution in [-0.2, 0) is 41.7 Å². The average Bonchev–Trinajstić information content (AvgIpc) is 3.23. The van der Waals surface area contributed by atoms with Gasteiger partial charge < -0.3 is 19.5 Å². The summed E-state index contributed by atoms with van der Waals surface area (Å²) < 4.78 is 57.6. The van der Waals surface area contributed by atoms with E-state index in [9.17, 15) is 18.0 Å². The van der Waals surface area contributed by atoms with Crippen LogP contribution in [0.2, 0.25) is 0 Å². The highest BCUT2D eigenvalue weighted by Crippen LogP contribution is 2.41. The predicted molar refractivity (Wildman–Crippen MR) is 104 cm³/mol. The minimum Gasteiger partial charge on any atom is -0.483 e. The Kier molecular flexibility index (Phi) is 5.59. The minimum absolute atomic E-state index is 0.0780. The van der Waals surface area contributed by atoms with Crippen LogP contribution in [0, 0.1) is 0 Å². The third-order valence-corrected chi connectivity index (χ3v) is 5.22. The molecule has 7 nitrogen and oxygen atoms in total. The van der Waals surface area contributed by atoms with E-state index >= 15 is 0 Å². The van der Waals surface area contributed by atoms with Crippen LogP contribution in [0.3, 0.4) is 0 Å². The zero-order valence-corrected chi connectivity index (χ0v) is 17.3. The van der Waals surface area contributed by atoms with Gasteiger partial charge in [-0.25, -0.2) is 0 Å². The number of nitrogens with zero attached hydrogens (tertiary/aromatic N) is 2. The Morgan fingerprint density at radius 2 is 2.16 bits per heavy atom. The number of ether oxygens (including phenoxy) is 3. The smallest absolute Gasteiger partial charge is 0.435 e. The molecule has 31 heavy (non-hydrogen) atoms. The molecule has 3 heterocycles. The molecule has 0 atom stereocenters. The molecular formula is C21H24F3N3O4. The normalized spacial score (nSPS) is 16.9. The molecule has 0 bridgehead atoms. The van der Waals surface area contributed by atoms with Crippen molar-refractivity contribution < 1.29 is 32.2 Å². The maximum absolute atomic E-state index is 13.2. The summed E-state index contributed by atoms with van der Waals surface area (Å²) in [4.78, 5) is 12.2. The van der Waals surface area contributed by atoms with Crippen molar-refractivity contribution in [3.8, 4) is 11.5 Å². The van der Waals surface area contributed by atoms with E-state index < -0.39 is 11.9 Å². The lowest BCUT2D eigenvalue weighted by Crippen LogP contribution is -2.32. The van der Waals surface area contributed by atoms with Gasteiger partial charge in [0.15, 0.2) is 23.8 Å². The van der Waals surface area contributed by atoms with E-state index in [1.54, 1.807) is 6.07 Å². The van der Waals surface area contributed by atoms with Gasteiger partial charge in [0.2, 0.25) is 0 Å². The zero-order chi connectivity index (χ0) is 22.2. The molecule has 0 saturated heterocycles. The highest BCUT2D eigenvalue weighted by molar-refractivity contribution is 5.77. The molecule has 1 amide bonds. The molecule has 0 saturated carbocycles. The van der Waals surface area contributed by atoms with Gasteiger partial charge >= 0.3 is 6.18 Å². The number of amides is 1. The van der Waals surface area contributed by atoms with Crippen LogP contribution in [0.1, 0.15) is 36.4 Å². The van der Waals surface area contributed by atoms with E-state index in [1.165, 1.54) is 4.68 Å². The second-order valence-corrected chi connectivity index (χ2v) is 8.22. The monoisotopic (exact) mass is 439 g/mol. The van der Waals surface area contributed by atoms with Gasteiger partial charge in [-0.3, -0.25) is 9.48 Å². The molecule has 0 unspecified atom stereocenters. The van der Waals surface area contributed by atoms with Crippen LogP contribution < -0.4 is 14.8 Å². The Labute approximate surface area is 177 Å². The van der Waals surface area contributed by atoms with Crippen LogP contribution in [0.25, 0.3) is 0 Å². The van der Waals surface area contributed by atoms with E-state index in [1.807, 2.05) is 26.0 Å². The Balaban J connectivity index is 1.32. The molecule has 10 heteroatoms. The van der Waals surface area contributed by atoms with Crippen molar-refractivity contribution in [2.45, 2.75) is 51.6 Å². The van der Waals surface area contributed by atoms with E-state index in [0.29, 0.717) is 30.2 Å². The summed E-state index contributed by atoms with van der Waals surface area (Å²) in [6.07, 6.45) is -3.44. The van der Waals surface area contributed by atoms with Crippen LogP contribution >= 0.6 is 0 Å². The number of aromatic nitrogens is 2. The highest BCUT2D eigenvalue weighted by atomic mass is 19.4. The molecule has 2 aliphatic rings. The maximum Gasteiger partial charge on any atom is 0.435 e. The number of benzene rings is 1. The molecule has 0 aliphatic carbocycles. The average molecular weight is 439 g/mol. The summed E-state index contributed by atoms with van der Waals surface area (Å²) in [5.74, 6) is 0.759. The lowest BCUT2D eigenvalue weighted by molar-refractivity contribution is -0.142. The van der Waals surface area contributed by atoms with Gasteiger partial charge in [-0.05, 0) is 19.9 Å². The first-order chi connectivity index (χ1) is 14.6. The van der Waals surface area contributed by atoms with Crippen molar-refractivity contribution in [1.82, 2.24) is 15.1 Å². The molecule has 2 aromatic rings. The van der Waals surface area contributed by atoms with E-state index in [4.69, 9.17) is 14.2 Å². The number of para-hydroxylation sites is 1. The van der Waals surface area contributed by atoms with E-state index in [2.05, 4.69) is 10.4 Å². The number of hydrogen-bond donors (Lipinski definition) is 1. The molecule has 1 aromatic carbocycles. The number of hydrogen-bond acceptors (Lipinski definition) is 5. The fourth-order valence-electron chi connectivity index (χ4n) is 3.92. The maximum atomic E-state index is 13.2. The summed E-state index contributed by atoms with van der Waals surface area (Å²) in [5, 5.41) is 6.38. The number of fused-ring (bicyclic) bond motifs is 2. The van der Waals surface area contributed by atoms with Gasteiger partial charge in [-0.15, -0.1) is 0 Å². The SMILES string of the molecule is CC1(C)Cc2cccc(OCC(=O)NCCn3nc(C(F)(F)F)c4c3CCOC4)c2O1. The zero-order valence-electron chi connectivity index (χ0n) is 17.3. The van der Waals surface area contributed by atoms with E-state index in [0.717, 1.165) is 12.0 Å². The summed E-state index contributed by atoms with van der Waals surface area (Å²) in [7, 11) is 0. The summed E-state index contributed by atoms with van der Waals surface area (Å²) in [5.41, 5.74) is 0.360. The second kappa shape index (κ2) is 8.07. The van der Waals surface area contributed by atoms with Crippen molar-refractivity contribution in [2.24, 2.45) is 0 Å². The minimum atomic E-state index is -4.54. The fraction of sp³-hybridized carbons (Fsp3) is 0.524. The number of nitrogens with one attached hydrogen (secondary N) is 1. The Morgan fingerprint density at radius 3 is 2.94 bits per heavy atom. The molecule has 168 valence electrons. The van der Waals surface area contributed by atoms with Gasteiger partial charge in [-0.2, -0.15) is 18.3 Å². The van der Waals surface area contributed by atoms with Crippen molar-refractivity contribution in [3.63, 3.8) is 0 Å². The molecule has 1 aromatic heterocycles. The molecule has 4 rings (SSSR count). The van der Waals surface area contributed by atoms with Crippen LogP contribution in [0.4, 0.5) is 13.2 Å². The van der Waals surface area contributed by atoms with Gasteiger partial charge in [0.25, 0.3) is 5.91 Å². The topological polar surface area (TPSA) is 74.6 Å². The third-order valence-electron chi connectivity index (χ3n) is 5.22. The molecule has 0 spiro atoms. The molecule has 2 aliphatic heterocycles. The van der Waals surface area contributed by atoms with Gasteiger partial charge in [0, 0.05) is 36.2 Å². The Bertz CT molecular complexity index is 985. The van der Waals surface area contributed by atoms with Crippen LogP contribution in [-0.4, -0.2) is 41.0 Å². The highest BCUT2D eigenvalue weighted by Gasteiger charge is 2.39. The lowest BCUT2D eigenvalue weighted by atomic mass is 10.0. The van der Waals surface area contributed by atoms with Gasteiger partial charge in [0.1, 0.15) is 5.60 Å². The quantitative estimate of drug-likeness (QED) is 0.749. The molecule has 1 N–H and O–H groups in total. The number of carbonyl (C=O) groups excluding carboxylic acids is 1.